The molecule has 0 atom stereocenters. The molecule has 0 spiro atoms. The first-order valence-corrected chi connectivity index (χ1v) is 8.62. The van der Waals surface area contributed by atoms with E-state index in [0.29, 0.717) is 15.9 Å². The number of benzene rings is 2. The lowest BCUT2D eigenvalue weighted by molar-refractivity contribution is -0.118. The van der Waals surface area contributed by atoms with Crippen molar-refractivity contribution in [3.8, 4) is 17.0 Å². The zero-order chi connectivity index (χ0) is 17.8. The number of hydrogen-bond donors (Lipinski definition) is 1. The zero-order valence-electron chi connectivity index (χ0n) is 13.3. The summed E-state index contributed by atoms with van der Waals surface area (Å²) in [5.41, 5.74) is 1.52. The number of rotatable bonds is 5. The fourth-order valence-electron chi connectivity index (χ4n) is 2.16. The minimum absolute atomic E-state index is 0.133. The van der Waals surface area contributed by atoms with Crippen LogP contribution in [0, 0.1) is 12.7 Å². The van der Waals surface area contributed by atoms with Crippen LogP contribution in [-0.2, 0) is 4.79 Å². The number of ether oxygens (including phenoxy) is 1. The molecule has 1 amide bonds. The Morgan fingerprint density at radius 2 is 1.88 bits per heavy atom. The van der Waals surface area contributed by atoms with Gasteiger partial charge in [0.2, 0.25) is 0 Å². The highest BCUT2D eigenvalue weighted by Gasteiger charge is 2.12. The van der Waals surface area contributed by atoms with E-state index >= 15 is 0 Å². The number of carbonyl (C=O) groups excluding carboxylic acids is 1. The maximum atomic E-state index is 13.0. The van der Waals surface area contributed by atoms with Crippen molar-refractivity contribution < 1.29 is 13.9 Å². The molecular formula is C18H14ClFN2O2S. The van der Waals surface area contributed by atoms with Crippen molar-refractivity contribution >= 4 is 34.0 Å². The molecule has 1 heterocycles. The van der Waals surface area contributed by atoms with Crippen molar-refractivity contribution in [2.45, 2.75) is 6.92 Å². The molecule has 0 aliphatic heterocycles. The Labute approximate surface area is 153 Å². The van der Waals surface area contributed by atoms with Crippen LogP contribution in [0.5, 0.6) is 5.75 Å². The van der Waals surface area contributed by atoms with Crippen molar-refractivity contribution in [2.75, 3.05) is 11.9 Å². The third-order valence-corrected chi connectivity index (χ3v) is 4.48. The van der Waals surface area contributed by atoms with E-state index in [2.05, 4.69) is 10.3 Å². The van der Waals surface area contributed by atoms with Gasteiger partial charge in [0, 0.05) is 15.5 Å². The number of nitrogens with one attached hydrogen (secondary N) is 1. The molecule has 3 rings (SSSR count). The van der Waals surface area contributed by atoms with Gasteiger partial charge in [0.15, 0.2) is 11.7 Å². The number of aryl methyl sites for hydroxylation is 1. The normalized spacial score (nSPS) is 10.5. The van der Waals surface area contributed by atoms with E-state index < -0.39 is 0 Å². The van der Waals surface area contributed by atoms with Gasteiger partial charge in [0.25, 0.3) is 5.91 Å². The quantitative estimate of drug-likeness (QED) is 0.687. The Morgan fingerprint density at radius 1 is 1.20 bits per heavy atom. The summed E-state index contributed by atoms with van der Waals surface area (Å²) in [7, 11) is 0. The van der Waals surface area contributed by atoms with Gasteiger partial charge in [-0.15, -0.1) is 11.3 Å². The third kappa shape index (κ3) is 4.55. The molecule has 0 radical (unpaired) electrons. The molecule has 1 N–H and O–H groups in total. The van der Waals surface area contributed by atoms with Crippen molar-refractivity contribution in [1.29, 1.82) is 0 Å². The number of anilines is 1. The van der Waals surface area contributed by atoms with Crippen molar-refractivity contribution in [1.82, 2.24) is 4.98 Å². The molecule has 128 valence electrons. The van der Waals surface area contributed by atoms with Gasteiger partial charge >= 0.3 is 0 Å². The van der Waals surface area contributed by atoms with E-state index in [0.717, 1.165) is 16.1 Å². The Balaban J connectivity index is 1.62. The SMILES string of the molecule is Cc1sc(NC(=O)COc2ccc(Cl)cc2)nc1-c1ccc(F)cc1. The van der Waals surface area contributed by atoms with Crippen LogP contribution >= 0.6 is 22.9 Å². The topological polar surface area (TPSA) is 51.2 Å². The number of nitrogens with zero attached hydrogens (tertiary/aromatic N) is 1. The molecule has 1 aromatic heterocycles. The van der Waals surface area contributed by atoms with Crippen LogP contribution < -0.4 is 10.1 Å². The van der Waals surface area contributed by atoms with E-state index in [1.807, 2.05) is 6.92 Å². The standard InChI is InChI=1S/C18H14ClFN2O2S/c1-11-17(12-2-6-14(20)7-3-12)22-18(25-11)21-16(23)10-24-15-8-4-13(19)5-9-15/h2-9H,10H2,1H3,(H,21,22,23). The summed E-state index contributed by atoms with van der Waals surface area (Å²) >= 11 is 7.15. The molecule has 25 heavy (non-hydrogen) atoms. The van der Waals surface area contributed by atoms with Gasteiger partial charge in [-0.1, -0.05) is 11.6 Å². The van der Waals surface area contributed by atoms with Crippen LogP contribution in [0.1, 0.15) is 4.88 Å². The Morgan fingerprint density at radius 3 is 2.56 bits per heavy atom. The Kier molecular flexibility index (Phi) is 5.31. The van der Waals surface area contributed by atoms with Gasteiger partial charge in [-0.05, 0) is 55.5 Å². The summed E-state index contributed by atoms with van der Waals surface area (Å²) in [6.07, 6.45) is 0. The summed E-state index contributed by atoms with van der Waals surface area (Å²) in [5.74, 6) is -0.0549. The molecule has 7 heteroatoms. The number of thiazole rings is 1. The lowest BCUT2D eigenvalue weighted by Crippen LogP contribution is -2.20. The largest absolute Gasteiger partial charge is 0.484 e. The molecule has 0 saturated heterocycles. The summed E-state index contributed by atoms with van der Waals surface area (Å²) in [6.45, 7) is 1.77. The van der Waals surface area contributed by atoms with Crippen LogP contribution in [-0.4, -0.2) is 17.5 Å². The summed E-state index contributed by atoms with van der Waals surface area (Å²) in [5, 5.41) is 3.78. The van der Waals surface area contributed by atoms with Gasteiger partial charge in [0.05, 0.1) is 5.69 Å². The highest BCUT2D eigenvalue weighted by atomic mass is 35.5. The predicted molar refractivity (Wildman–Crippen MR) is 97.8 cm³/mol. The molecule has 0 aliphatic rings. The monoisotopic (exact) mass is 376 g/mol. The van der Waals surface area contributed by atoms with E-state index in [9.17, 15) is 9.18 Å². The van der Waals surface area contributed by atoms with E-state index in [4.69, 9.17) is 16.3 Å². The molecule has 0 bridgehead atoms. The second-order valence-corrected chi connectivity index (χ2v) is 6.86. The van der Waals surface area contributed by atoms with E-state index in [1.165, 1.54) is 23.5 Å². The van der Waals surface area contributed by atoms with Gasteiger partial charge < -0.3 is 4.74 Å². The molecule has 0 unspecified atom stereocenters. The van der Waals surface area contributed by atoms with Crippen molar-refractivity contribution in [2.24, 2.45) is 0 Å². The van der Waals surface area contributed by atoms with Gasteiger partial charge in [0.1, 0.15) is 11.6 Å². The van der Waals surface area contributed by atoms with Crippen molar-refractivity contribution in [3.63, 3.8) is 0 Å². The zero-order valence-corrected chi connectivity index (χ0v) is 14.8. The predicted octanol–water partition coefficient (Wildman–Crippen LogP) is 4.93. The van der Waals surface area contributed by atoms with Gasteiger partial charge in [-0.3, -0.25) is 10.1 Å². The van der Waals surface area contributed by atoms with Crippen LogP contribution in [0.4, 0.5) is 9.52 Å². The smallest absolute Gasteiger partial charge is 0.264 e. The van der Waals surface area contributed by atoms with E-state index in [1.54, 1.807) is 36.4 Å². The summed E-state index contributed by atoms with van der Waals surface area (Å²) in [6, 6.07) is 12.8. The number of carbonyl (C=O) groups is 1. The molecule has 0 aliphatic carbocycles. The van der Waals surface area contributed by atoms with E-state index in [-0.39, 0.29) is 18.3 Å². The second kappa shape index (κ2) is 7.63. The second-order valence-electron chi connectivity index (χ2n) is 5.22. The van der Waals surface area contributed by atoms with Crippen LogP contribution in [0.15, 0.2) is 48.5 Å². The molecule has 0 saturated carbocycles. The first-order valence-electron chi connectivity index (χ1n) is 7.43. The minimum atomic E-state index is -0.311. The maximum absolute atomic E-state index is 13.0. The molecule has 3 aromatic rings. The third-order valence-electron chi connectivity index (χ3n) is 3.34. The van der Waals surface area contributed by atoms with Crippen LogP contribution in [0.25, 0.3) is 11.3 Å². The maximum Gasteiger partial charge on any atom is 0.264 e. The minimum Gasteiger partial charge on any atom is -0.484 e. The van der Waals surface area contributed by atoms with Crippen LogP contribution in [0.2, 0.25) is 5.02 Å². The first-order chi connectivity index (χ1) is 12.0. The van der Waals surface area contributed by atoms with Gasteiger partial charge in [-0.2, -0.15) is 0 Å². The Bertz CT molecular complexity index is 879. The summed E-state index contributed by atoms with van der Waals surface area (Å²) < 4.78 is 18.4. The fraction of sp³-hybridized carbons (Fsp3) is 0.111. The van der Waals surface area contributed by atoms with Crippen molar-refractivity contribution in [3.05, 3.63) is 64.2 Å². The average molecular weight is 377 g/mol. The van der Waals surface area contributed by atoms with Crippen LogP contribution in [0.3, 0.4) is 0 Å². The average Bonchev–Trinajstić information content (AvgIpc) is 2.95. The lowest BCUT2D eigenvalue weighted by Gasteiger charge is -2.05. The lowest BCUT2D eigenvalue weighted by atomic mass is 10.1. The van der Waals surface area contributed by atoms with Gasteiger partial charge in [-0.25, -0.2) is 9.37 Å². The molecule has 4 nitrogen and oxygen atoms in total. The molecule has 0 fully saturated rings. The fourth-order valence-corrected chi connectivity index (χ4v) is 3.14. The highest BCUT2D eigenvalue weighted by molar-refractivity contribution is 7.16. The number of aromatic nitrogens is 1. The molecular weight excluding hydrogens is 363 g/mol. The number of hydrogen-bond acceptors (Lipinski definition) is 4. The first kappa shape index (κ1) is 17.4. The summed E-state index contributed by atoms with van der Waals surface area (Å²) in [4.78, 5) is 17.3. The molecule has 2 aromatic carbocycles. The highest BCUT2D eigenvalue weighted by Crippen LogP contribution is 2.30. The number of amides is 1. The Hall–Kier alpha value is -2.44. The number of halogens is 2.